The van der Waals surface area contributed by atoms with Crippen LogP contribution in [0, 0.1) is 11.2 Å². The molecular weight excluding hydrogens is 517 g/mol. The quantitative estimate of drug-likeness (QED) is 0.469. The molecule has 0 radical (unpaired) electrons. The van der Waals surface area contributed by atoms with Crippen LogP contribution >= 0.6 is 17.0 Å². The van der Waals surface area contributed by atoms with Crippen LogP contribution in [0.4, 0.5) is 10.1 Å². The molecule has 0 saturated carbocycles. The Morgan fingerprint density at radius 1 is 1.20 bits per heavy atom. The van der Waals surface area contributed by atoms with E-state index < -0.39 is 5.82 Å². The smallest absolute Gasteiger partial charge is 0.197 e. The predicted octanol–water partition coefficient (Wildman–Crippen LogP) is 4.96. The fourth-order valence-electron chi connectivity index (χ4n) is 4.51. The summed E-state index contributed by atoms with van der Waals surface area (Å²) in [4.78, 5) is 16.9. The van der Waals surface area contributed by atoms with Gasteiger partial charge >= 0.3 is 0 Å². The fourth-order valence-corrected chi connectivity index (χ4v) is 4.51. The van der Waals surface area contributed by atoms with E-state index in [4.69, 9.17) is 19.6 Å². The number of carbonyl (C=O) groups is 1. The maximum absolute atomic E-state index is 15.3. The molecule has 9 heteroatoms. The molecule has 7 nitrogen and oxygen atoms in total. The summed E-state index contributed by atoms with van der Waals surface area (Å²) < 4.78 is 32.3. The van der Waals surface area contributed by atoms with E-state index in [0.717, 1.165) is 17.0 Å². The minimum Gasteiger partial charge on any atom is -0.490 e. The highest BCUT2D eigenvalue weighted by Gasteiger charge is 2.36. The molecule has 2 aliphatic heterocycles. The van der Waals surface area contributed by atoms with Crippen molar-refractivity contribution in [3.63, 3.8) is 0 Å². The van der Waals surface area contributed by atoms with Crippen molar-refractivity contribution >= 4 is 34.3 Å². The van der Waals surface area contributed by atoms with Gasteiger partial charge in [0.2, 0.25) is 0 Å². The van der Waals surface area contributed by atoms with E-state index in [1.54, 1.807) is 17.9 Å². The minimum absolute atomic E-state index is 0. The number of amidine groups is 1. The van der Waals surface area contributed by atoms with Crippen molar-refractivity contribution in [2.24, 2.45) is 0 Å². The van der Waals surface area contributed by atoms with Gasteiger partial charge in [-0.15, -0.1) is 17.0 Å². The number of nitrogens with zero attached hydrogens (tertiary/aromatic N) is 2. The van der Waals surface area contributed by atoms with Gasteiger partial charge in [-0.1, -0.05) is 13.8 Å². The zero-order chi connectivity index (χ0) is 24.8. The van der Waals surface area contributed by atoms with E-state index in [-0.39, 0.29) is 65.0 Å². The summed E-state index contributed by atoms with van der Waals surface area (Å²) in [6.07, 6.45) is 0. The van der Waals surface area contributed by atoms with Gasteiger partial charge in [-0.3, -0.25) is 10.2 Å². The SMILES string of the molecule is Br.CCOc1cc2c(c(F)c1OCC)C(=N)N(CC(=O)c1cc(N(C)C)c3c(c1)C(C)(C)CO3)C2. The van der Waals surface area contributed by atoms with Gasteiger partial charge in [0, 0.05) is 37.2 Å². The molecule has 2 aromatic rings. The highest BCUT2D eigenvalue weighted by atomic mass is 79.9. The summed E-state index contributed by atoms with van der Waals surface area (Å²) in [7, 11) is 3.83. The van der Waals surface area contributed by atoms with Crippen molar-refractivity contribution in [1.29, 1.82) is 5.41 Å². The number of carbonyl (C=O) groups excluding carboxylic acids is 1. The van der Waals surface area contributed by atoms with E-state index in [2.05, 4.69) is 13.8 Å². The normalized spacial score (nSPS) is 15.2. The predicted molar refractivity (Wildman–Crippen MR) is 140 cm³/mol. The summed E-state index contributed by atoms with van der Waals surface area (Å²) in [6, 6.07) is 5.44. The molecule has 0 fully saturated rings. The van der Waals surface area contributed by atoms with Gasteiger partial charge in [-0.05, 0) is 37.6 Å². The second kappa shape index (κ2) is 10.0. The van der Waals surface area contributed by atoms with Crippen LogP contribution in [0.5, 0.6) is 17.2 Å². The van der Waals surface area contributed by atoms with Gasteiger partial charge in [-0.2, -0.15) is 0 Å². The van der Waals surface area contributed by atoms with E-state index in [9.17, 15) is 4.79 Å². The molecule has 0 aromatic heterocycles. The first-order valence-corrected chi connectivity index (χ1v) is 11.6. The maximum atomic E-state index is 15.3. The molecule has 190 valence electrons. The number of hydrogen-bond donors (Lipinski definition) is 1. The first kappa shape index (κ1) is 26.8. The highest BCUT2D eigenvalue weighted by molar-refractivity contribution is 8.93. The third kappa shape index (κ3) is 4.70. The van der Waals surface area contributed by atoms with Crippen molar-refractivity contribution in [3.05, 3.63) is 46.3 Å². The largest absolute Gasteiger partial charge is 0.490 e. The standard InChI is InChI=1S/C26H32FN3O4.BrH/c1-7-32-20-11-16-12-30(25(28)21(16)22(27)24(20)33-8-2)13-19(31)15-9-17-23(18(10-15)29(5)6)34-14-26(17,3)4;/h9-11,28H,7-8,12-14H2,1-6H3;1H. The summed E-state index contributed by atoms with van der Waals surface area (Å²) >= 11 is 0. The molecule has 0 unspecified atom stereocenters. The van der Waals surface area contributed by atoms with E-state index >= 15 is 4.39 Å². The molecule has 0 aliphatic carbocycles. The van der Waals surface area contributed by atoms with Crippen LogP contribution in [-0.2, 0) is 12.0 Å². The Morgan fingerprint density at radius 2 is 1.89 bits per heavy atom. The third-order valence-corrected chi connectivity index (χ3v) is 6.29. The van der Waals surface area contributed by atoms with Gasteiger partial charge in [0.1, 0.15) is 11.6 Å². The van der Waals surface area contributed by atoms with E-state index in [0.29, 0.717) is 30.1 Å². The molecule has 0 amide bonds. The summed E-state index contributed by atoms with van der Waals surface area (Å²) in [5, 5.41) is 8.59. The van der Waals surface area contributed by atoms with Crippen molar-refractivity contribution < 1.29 is 23.4 Å². The molecule has 0 bridgehead atoms. The summed E-state index contributed by atoms with van der Waals surface area (Å²) in [5.41, 5.74) is 2.96. The van der Waals surface area contributed by atoms with Gasteiger partial charge in [0.05, 0.1) is 37.6 Å². The molecular formula is C26H33BrFN3O4. The molecule has 2 aromatic carbocycles. The molecule has 0 saturated heterocycles. The number of ketones is 1. The Labute approximate surface area is 216 Å². The van der Waals surface area contributed by atoms with Gasteiger partial charge in [0.15, 0.2) is 23.1 Å². The lowest BCUT2D eigenvalue weighted by atomic mass is 9.85. The third-order valence-electron chi connectivity index (χ3n) is 6.29. The zero-order valence-electron chi connectivity index (χ0n) is 21.1. The van der Waals surface area contributed by atoms with Crippen LogP contribution in [-0.4, -0.2) is 57.0 Å². The number of hydrogen-bond acceptors (Lipinski definition) is 6. The maximum Gasteiger partial charge on any atom is 0.197 e. The van der Waals surface area contributed by atoms with Crippen LogP contribution in [0.2, 0.25) is 0 Å². The van der Waals surface area contributed by atoms with Crippen molar-refractivity contribution in [1.82, 2.24) is 4.90 Å². The zero-order valence-corrected chi connectivity index (χ0v) is 22.8. The molecule has 2 heterocycles. The lowest BCUT2D eigenvalue weighted by Gasteiger charge is -2.21. The minimum atomic E-state index is -0.617. The molecule has 35 heavy (non-hydrogen) atoms. The number of ether oxygens (including phenoxy) is 3. The summed E-state index contributed by atoms with van der Waals surface area (Å²) in [6.45, 7) is 9.18. The Balaban J connectivity index is 0.00000342. The molecule has 2 aliphatic rings. The Kier molecular flexibility index (Phi) is 7.69. The molecule has 1 N–H and O–H groups in total. The van der Waals surface area contributed by atoms with E-state index in [1.807, 2.05) is 38.1 Å². The second-order valence-corrected chi connectivity index (χ2v) is 9.48. The van der Waals surface area contributed by atoms with Crippen molar-refractivity contribution in [2.75, 3.05) is 45.4 Å². The number of halogens is 2. The second-order valence-electron chi connectivity index (χ2n) is 9.48. The van der Waals surface area contributed by atoms with Crippen LogP contribution < -0.4 is 19.1 Å². The first-order valence-electron chi connectivity index (χ1n) is 11.6. The Hall–Kier alpha value is -2.81. The fraction of sp³-hybridized carbons (Fsp3) is 0.462. The van der Waals surface area contributed by atoms with Crippen molar-refractivity contribution in [2.45, 2.75) is 39.7 Å². The van der Waals surface area contributed by atoms with Gasteiger partial charge in [0.25, 0.3) is 0 Å². The molecule has 4 rings (SSSR count). The van der Waals surface area contributed by atoms with Crippen LogP contribution in [0.25, 0.3) is 0 Å². The average molecular weight is 550 g/mol. The highest BCUT2D eigenvalue weighted by Crippen LogP contribution is 2.45. The van der Waals surface area contributed by atoms with Gasteiger partial charge in [-0.25, -0.2) is 4.39 Å². The monoisotopic (exact) mass is 549 g/mol. The number of Topliss-reactive ketones (excluding diaryl/α,β-unsaturated/α-hetero) is 1. The van der Waals surface area contributed by atoms with Gasteiger partial charge < -0.3 is 24.0 Å². The lowest BCUT2D eigenvalue weighted by molar-refractivity contribution is 0.0962. The topological polar surface area (TPSA) is 75.1 Å². The first-order chi connectivity index (χ1) is 16.1. The Morgan fingerprint density at radius 3 is 2.51 bits per heavy atom. The molecule has 0 spiro atoms. The number of anilines is 1. The Bertz CT molecular complexity index is 1170. The lowest BCUT2D eigenvalue weighted by Crippen LogP contribution is -2.30. The number of rotatable bonds is 8. The van der Waals surface area contributed by atoms with Crippen molar-refractivity contribution in [3.8, 4) is 17.2 Å². The summed E-state index contributed by atoms with van der Waals surface area (Å²) in [5.74, 6) is 0.357. The molecule has 0 atom stereocenters. The number of fused-ring (bicyclic) bond motifs is 2. The van der Waals surface area contributed by atoms with Crippen LogP contribution in [0.3, 0.4) is 0 Å². The number of nitrogens with one attached hydrogen (secondary N) is 1. The van der Waals surface area contributed by atoms with Crippen LogP contribution in [0.15, 0.2) is 18.2 Å². The van der Waals surface area contributed by atoms with E-state index in [1.165, 1.54) is 0 Å². The number of benzene rings is 2. The average Bonchev–Trinajstić information content (AvgIpc) is 3.26. The van der Waals surface area contributed by atoms with Crippen LogP contribution in [0.1, 0.15) is 54.7 Å².